The number of hydrogen-bond donors (Lipinski definition) is 1. The summed E-state index contributed by atoms with van der Waals surface area (Å²) in [6.07, 6.45) is 1.53. The van der Waals surface area contributed by atoms with Crippen LogP contribution in [0, 0.1) is 6.92 Å². The molecule has 4 aromatic heterocycles. The van der Waals surface area contributed by atoms with Crippen molar-refractivity contribution in [3.8, 4) is 21.3 Å². The van der Waals surface area contributed by atoms with Gasteiger partial charge in [-0.1, -0.05) is 6.07 Å². The summed E-state index contributed by atoms with van der Waals surface area (Å²) in [4.78, 5) is 31.6. The molecule has 0 aliphatic rings. The number of nitrogens with one attached hydrogen (secondary N) is 1. The number of carbonyl (C=O) groups excluding carboxylic acids is 1. The van der Waals surface area contributed by atoms with Crippen LogP contribution in [0.3, 0.4) is 0 Å². The van der Waals surface area contributed by atoms with Crippen LogP contribution in [-0.2, 0) is 11.3 Å². The molecule has 1 amide bonds. The SMILES string of the molecule is Cc1nc(-c2cccs2)sc1CNC(=O)C(C)n1nc(-c2ccco2)ccc1=O. The van der Waals surface area contributed by atoms with Crippen molar-refractivity contribution < 1.29 is 9.21 Å². The van der Waals surface area contributed by atoms with E-state index in [0.29, 0.717) is 18.0 Å². The molecule has 148 valence electrons. The third-order valence-corrected chi connectivity index (χ3v) is 6.59. The number of aryl methyl sites for hydroxylation is 1. The van der Waals surface area contributed by atoms with Crippen molar-refractivity contribution in [2.45, 2.75) is 26.4 Å². The molecule has 0 saturated heterocycles. The molecule has 0 spiro atoms. The summed E-state index contributed by atoms with van der Waals surface area (Å²) in [6, 6.07) is 9.70. The monoisotopic (exact) mass is 426 g/mol. The summed E-state index contributed by atoms with van der Waals surface area (Å²) in [5.41, 5.74) is 1.03. The highest BCUT2D eigenvalue weighted by Gasteiger charge is 2.19. The zero-order valence-electron chi connectivity index (χ0n) is 15.8. The van der Waals surface area contributed by atoms with Crippen LogP contribution in [0.25, 0.3) is 21.3 Å². The van der Waals surface area contributed by atoms with Gasteiger partial charge >= 0.3 is 0 Å². The van der Waals surface area contributed by atoms with Crippen LogP contribution in [-0.4, -0.2) is 20.7 Å². The summed E-state index contributed by atoms with van der Waals surface area (Å²) >= 11 is 3.19. The highest BCUT2D eigenvalue weighted by Crippen LogP contribution is 2.31. The van der Waals surface area contributed by atoms with Crippen molar-refractivity contribution in [3.63, 3.8) is 0 Å². The number of rotatable bonds is 6. The molecular formula is C20H18N4O3S2. The largest absolute Gasteiger partial charge is 0.463 e. The molecule has 1 atom stereocenters. The third kappa shape index (κ3) is 4.06. The summed E-state index contributed by atoms with van der Waals surface area (Å²) in [7, 11) is 0. The molecule has 0 radical (unpaired) electrons. The summed E-state index contributed by atoms with van der Waals surface area (Å²) < 4.78 is 6.49. The predicted octanol–water partition coefficient (Wildman–Crippen LogP) is 3.87. The Morgan fingerprint density at radius 2 is 2.14 bits per heavy atom. The van der Waals surface area contributed by atoms with E-state index in [4.69, 9.17) is 4.42 Å². The van der Waals surface area contributed by atoms with Crippen LogP contribution in [0.1, 0.15) is 23.5 Å². The lowest BCUT2D eigenvalue weighted by Crippen LogP contribution is -2.36. The minimum Gasteiger partial charge on any atom is -0.463 e. The van der Waals surface area contributed by atoms with E-state index in [1.165, 1.54) is 17.0 Å². The summed E-state index contributed by atoms with van der Waals surface area (Å²) in [6.45, 7) is 3.92. The highest BCUT2D eigenvalue weighted by atomic mass is 32.1. The average molecular weight is 427 g/mol. The van der Waals surface area contributed by atoms with Crippen LogP contribution in [0.4, 0.5) is 0 Å². The van der Waals surface area contributed by atoms with Crippen LogP contribution in [0.5, 0.6) is 0 Å². The van der Waals surface area contributed by atoms with E-state index < -0.39 is 6.04 Å². The molecule has 0 aliphatic carbocycles. The average Bonchev–Trinajstić information content (AvgIpc) is 3.47. The number of amides is 1. The fourth-order valence-corrected chi connectivity index (χ4v) is 4.58. The van der Waals surface area contributed by atoms with Crippen molar-refractivity contribution in [2.75, 3.05) is 0 Å². The Bertz CT molecular complexity index is 1180. The van der Waals surface area contributed by atoms with Gasteiger partial charge in [-0.05, 0) is 43.5 Å². The molecule has 0 bridgehead atoms. The smallest absolute Gasteiger partial charge is 0.267 e. The number of aromatic nitrogens is 3. The lowest BCUT2D eigenvalue weighted by Gasteiger charge is -2.14. The maximum absolute atomic E-state index is 12.7. The zero-order chi connectivity index (χ0) is 20.4. The highest BCUT2D eigenvalue weighted by molar-refractivity contribution is 7.21. The molecule has 4 heterocycles. The fraction of sp³-hybridized carbons (Fsp3) is 0.200. The first-order chi connectivity index (χ1) is 14.0. The number of nitrogens with zero attached hydrogens (tertiary/aromatic N) is 3. The first kappa shape index (κ1) is 19.3. The molecule has 4 aromatic rings. The Hall–Kier alpha value is -3.04. The van der Waals surface area contributed by atoms with Gasteiger partial charge in [-0.2, -0.15) is 5.10 Å². The number of furan rings is 1. The second-order valence-corrected chi connectivity index (χ2v) is 8.41. The van der Waals surface area contributed by atoms with Gasteiger partial charge in [0.1, 0.15) is 16.7 Å². The molecule has 0 aliphatic heterocycles. The molecular weight excluding hydrogens is 408 g/mol. The van der Waals surface area contributed by atoms with Crippen LogP contribution < -0.4 is 10.9 Å². The van der Waals surface area contributed by atoms with Crippen LogP contribution in [0.15, 0.2) is 57.3 Å². The van der Waals surface area contributed by atoms with E-state index in [1.54, 1.807) is 47.8 Å². The van der Waals surface area contributed by atoms with Gasteiger partial charge in [0.2, 0.25) is 5.91 Å². The zero-order valence-corrected chi connectivity index (χ0v) is 17.4. The molecule has 1 unspecified atom stereocenters. The van der Waals surface area contributed by atoms with E-state index in [9.17, 15) is 9.59 Å². The molecule has 9 heteroatoms. The van der Waals surface area contributed by atoms with E-state index in [0.717, 1.165) is 20.5 Å². The lowest BCUT2D eigenvalue weighted by molar-refractivity contribution is -0.124. The number of thiazole rings is 1. The van der Waals surface area contributed by atoms with E-state index in [2.05, 4.69) is 15.4 Å². The summed E-state index contributed by atoms with van der Waals surface area (Å²) in [5, 5.41) is 10.1. The second kappa shape index (κ2) is 8.14. The second-order valence-electron chi connectivity index (χ2n) is 6.38. The summed E-state index contributed by atoms with van der Waals surface area (Å²) in [5.74, 6) is 0.245. The molecule has 29 heavy (non-hydrogen) atoms. The van der Waals surface area contributed by atoms with Gasteiger partial charge < -0.3 is 9.73 Å². The molecule has 7 nitrogen and oxygen atoms in total. The Morgan fingerprint density at radius 3 is 2.86 bits per heavy atom. The van der Waals surface area contributed by atoms with E-state index in [1.807, 2.05) is 24.4 Å². The van der Waals surface area contributed by atoms with Crippen LogP contribution >= 0.6 is 22.7 Å². The minimum atomic E-state index is -0.762. The fourth-order valence-electron chi connectivity index (χ4n) is 2.78. The van der Waals surface area contributed by atoms with E-state index >= 15 is 0 Å². The maximum Gasteiger partial charge on any atom is 0.267 e. The quantitative estimate of drug-likeness (QED) is 0.505. The molecule has 1 N–H and O–H groups in total. The number of carbonyl (C=O) groups is 1. The van der Waals surface area contributed by atoms with Gasteiger partial charge in [0.25, 0.3) is 5.56 Å². The first-order valence-electron chi connectivity index (χ1n) is 8.94. The lowest BCUT2D eigenvalue weighted by atomic mass is 10.3. The van der Waals surface area contributed by atoms with Crippen LogP contribution in [0.2, 0.25) is 0 Å². The van der Waals surface area contributed by atoms with Gasteiger partial charge in [-0.15, -0.1) is 22.7 Å². The predicted molar refractivity (Wildman–Crippen MR) is 113 cm³/mol. The Labute approximate surface area is 174 Å². The standard InChI is InChI=1S/C20H18N4O3S2/c1-12-17(29-20(22-12)16-6-4-10-28-16)11-21-19(26)13(2)24-18(25)8-7-14(23-24)15-5-3-9-27-15/h3-10,13H,11H2,1-2H3,(H,21,26). The van der Waals surface area contributed by atoms with Gasteiger partial charge in [0, 0.05) is 10.9 Å². The minimum absolute atomic E-state index is 0.290. The van der Waals surface area contributed by atoms with Crippen molar-refractivity contribution in [2.24, 2.45) is 0 Å². The number of thiophene rings is 1. The topological polar surface area (TPSA) is 90.0 Å². The van der Waals surface area contributed by atoms with Crippen molar-refractivity contribution in [1.82, 2.24) is 20.1 Å². The van der Waals surface area contributed by atoms with Gasteiger partial charge in [-0.3, -0.25) is 9.59 Å². The first-order valence-corrected chi connectivity index (χ1v) is 10.6. The van der Waals surface area contributed by atoms with Crippen molar-refractivity contribution in [1.29, 1.82) is 0 Å². The maximum atomic E-state index is 12.7. The molecule has 4 rings (SSSR count). The van der Waals surface area contributed by atoms with Gasteiger partial charge in [0.15, 0.2) is 5.76 Å². The van der Waals surface area contributed by atoms with Gasteiger partial charge in [-0.25, -0.2) is 9.67 Å². The molecule has 0 saturated carbocycles. The van der Waals surface area contributed by atoms with E-state index in [-0.39, 0.29) is 11.5 Å². The third-order valence-electron chi connectivity index (χ3n) is 4.39. The Kier molecular flexibility index (Phi) is 5.41. The number of hydrogen-bond acceptors (Lipinski definition) is 7. The Morgan fingerprint density at radius 1 is 1.28 bits per heavy atom. The molecule has 0 aromatic carbocycles. The van der Waals surface area contributed by atoms with Crippen molar-refractivity contribution in [3.05, 3.63) is 69.0 Å². The van der Waals surface area contributed by atoms with Crippen molar-refractivity contribution >= 4 is 28.6 Å². The normalized spacial score (nSPS) is 12.1. The molecule has 0 fully saturated rings. The van der Waals surface area contributed by atoms with Gasteiger partial charge in [0.05, 0.1) is 23.4 Å². The Balaban J connectivity index is 1.48.